The second-order valence-electron chi connectivity index (χ2n) is 8.69. The molecule has 37 heavy (non-hydrogen) atoms. The van der Waals surface area contributed by atoms with E-state index in [9.17, 15) is 13.2 Å². The molecule has 1 N–H and O–H groups in total. The standard InChI is InChI=1S/C24H19Cl2N7O3S/c1-37(35,36)31-9-7-14-11-16(6-5-15(14)13-31)29-23-28-12-17-21(30-23)32-10-8-27-24(32)33(22(17)34)20-18(25)3-2-4-19(20)26/h2-6,8,10-12H,7,9,13H2,1H3,(H,28,29,30). The first-order chi connectivity index (χ1) is 17.7. The first kappa shape index (κ1) is 23.9. The molecule has 1 aliphatic heterocycles. The minimum atomic E-state index is -3.24. The van der Waals surface area contributed by atoms with Gasteiger partial charge in [0.25, 0.3) is 5.56 Å². The fourth-order valence-electron chi connectivity index (χ4n) is 4.53. The van der Waals surface area contributed by atoms with Crippen LogP contribution in [0.1, 0.15) is 11.1 Å². The number of para-hydroxylation sites is 1. The van der Waals surface area contributed by atoms with Crippen LogP contribution in [0.2, 0.25) is 10.0 Å². The second kappa shape index (κ2) is 8.80. The number of fused-ring (bicyclic) bond motifs is 4. The van der Waals surface area contributed by atoms with Crippen molar-refractivity contribution < 1.29 is 8.42 Å². The predicted molar refractivity (Wildman–Crippen MR) is 143 cm³/mol. The van der Waals surface area contributed by atoms with Gasteiger partial charge in [0.2, 0.25) is 21.7 Å². The molecule has 0 spiro atoms. The number of halogens is 2. The van der Waals surface area contributed by atoms with Crippen molar-refractivity contribution in [3.63, 3.8) is 0 Å². The van der Waals surface area contributed by atoms with Gasteiger partial charge in [0.15, 0.2) is 5.65 Å². The summed E-state index contributed by atoms with van der Waals surface area (Å²) < 4.78 is 28.3. The van der Waals surface area contributed by atoms with Gasteiger partial charge in [-0.2, -0.15) is 9.29 Å². The Morgan fingerprint density at radius 1 is 1.05 bits per heavy atom. The summed E-state index contributed by atoms with van der Waals surface area (Å²) in [4.78, 5) is 26.8. The fraction of sp³-hybridized carbons (Fsp3) is 0.167. The average Bonchev–Trinajstić information content (AvgIpc) is 3.35. The topological polar surface area (TPSA) is 114 Å². The fourth-order valence-corrected chi connectivity index (χ4v) is 5.89. The number of benzene rings is 2. The zero-order valence-electron chi connectivity index (χ0n) is 19.4. The maximum Gasteiger partial charge on any atom is 0.270 e. The van der Waals surface area contributed by atoms with Crippen molar-refractivity contribution in [3.05, 3.63) is 86.5 Å². The largest absolute Gasteiger partial charge is 0.324 e. The van der Waals surface area contributed by atoms with Crippen LogP contribution in [0.3, 0.4) is 0 Å². The zero-order chi connectivity index (χ0) is 25.9. The lowest BCUT2D eigenvalue weighted by Gasteiger charge is -2.27. The molecule has 0 aliphatic carbocycles. The molecule has 3 aromatic heterocycles. The van der Waals surface area contributed by atoms with Crippen LogP contribution in [0.25, 0.3) is 22.5 Å². The minimum Gasteiger partial charge on any atom is -0.324 e. The quantitative estimate of drug-likeness (QED) is 0.358. The molecule has 13 heteroatoms. The van der Waals surface area contributed by atoms with E-state index in [1.54, 1.807) is 35.0 Å². The summed E-state index contributed by atoms with van der Waals surface area (Å²) in [5, 5.41) is 4.07. The Kier molecular flexibility index (Phi) is 5.68. The van der Waals surface area contributed by atoms with Crippen molar-refractivity contribution >= 4 is 61.7 Å². The highest BCUT2D eigenvalue weighted by molar-refractivity contribution is 7.88. The monoisotopic (exact) mass is 555 g/mol. The lowest BCUT2D eigenvalue weighted by molar-refractivity contribution is 0.395. The highest BCUT2D eigenvalue weighted by Gasteiger charge is 2.23. The smallest absolute Gasteiger partial charge is 0.270 e. The summed E-state index contributed by atoms with van der Waals surface area (Å²) in [5.74, 6) is 0.602. The number of rotatable bonds is 4. The second-order valence-corrected chi connectivity index (χ2v) is 11.5. The van der Waals surface area contributed by atoms with Crippen LogP contribution >= 0.6 is 23.2 Å². The summed E-state index contributed by atoms with van der Waals surface area (Å²) in [5.41, 5.74) is 3.07. The number of imidazole rings is 1. The molecule has 1 aliphatic rings. The van der Waals surface area contributed by atoms with Crippen LogP contribution in [0.5, 0.6) is 0 Å². The third kappa shape index (κ3) is 4.13. The van der Waals surface area contributed by atoms with Gasteiger partial charge in [-0.05, 0) is 41.8 Å². The van der Waals surface area contributed by atoms with Gasteiger partial charge in [0.1, 0.15) is 5.39 Å². The Morgan fingerprint density at radius 2 is 1.84 bits per heavy atom. The van der Waals surface area contributed by atoms with Crippen LogP contribution < -0.4 is 10.9 Å². The van der Waals surface area contributed by atoms with E-state index >= 15 is 0 Å². The first-order valence-electron chi connectivity index (χ1n) is 11.2. The molecule has 0 unspecified atom stereocenters. The Balaban J connectivity index is 1.40. The molecule has 0 atom stereocenters. The van der Waals surface area contributed by atoms with E-state index in [4.69, 9.17) is 23.2 Å². The van der Waals surface area contributed by atoms with Crippen LogP contribution in [-0.4, -0.2) is 49.4 Å². The molecule has 188 valence electrons. The molecule has 0 saturated heterocycles. The van der Waals surface area contributed by atoms with E-state index in [0.717, 1.165) is 16.8 Å². The maximum atomic E-state index is 13.5. The summed E-state index contributed by atoms with van der Waals surface area (Å²) in [6.45, 7) is 0.781. The molecule has 2 aromatic carbocycles. The van der Waals surface area contributed by atoms with E-state index < -0.39 is 15.6 Å². The van der Waals surface area contributed by atoms with Crippen LogP contribution in [0.4, 0.5) is 11.6 Å². The number of anilines is 2. The highest BCUT2D eigenvalue weighted by Crippen LogP contribution is 2.30. The van der Waals surface area contributed by atoms with Gasteiger partial charge in [0, 0.05) is 37.4 Å². The van der Waals surface area contributed by atoms with Crippen LogP contribution in [0, 0.1) is 0 Å². The van der Waals surface area contributed by atoms with Gasteiger partial charge in [-0.25, -0.2) is 23.0 Å². The van der Waals surface area contributed by atoms with Gasteiger partial charge < -0.3 is 5.32 Å². The molecule has 5 aromatic rings. The third-order valence-corrected chi connectivity index (χ3v) is 8.18. The lowest BCUT2D eigenvalue weighted by Crippen LogP contribution is -2.35. The highest BCUT2D eigenvalue weighted by atomic mass is 35.5. The van der Waals surface area contributed by atoms with E-state index in [2.05, 4.69) is 20.3 Å². The molecular formula is C24H19Cl2N7O3S. The third-order valence-electron chi connectivity index (χ3n) is 6.32. The zero-order valence-corrected chi connectivity index (χ0v) is 21.7. The number of hydrogen-bond donors (Lipinski definition) is 1. The van der Waals surface area contributed by atoms with Gasteiger partial charge in [-0.1, -0.05) is 35.3 Å². The molecule has 0 saturated carbocycles. The van der Waals surface area contributed by atoms with Crippen molar-refractivity contribution in [2.24, 2.45) is 0 Å². The Labute approximate surface area is 221 Å². The Bertz CT molecular complexity index is 1870. The van der Waals surface area contributed by atoms with Gasteiger partial charge in [0.05, 0.1) is 22.0 Å². The summed E-state index contributed by atoms with van der Waals surface area (Å²) in [6.07, 6.45) is 6.54. The molecule has 10 nitrogen and oxygen atoms in total. The van der Waals surface area contributed by atoms with Gasteiger partial charge in [-0.15, -0.1) is 0 Å². The molecular weight excluding hydrogens is 537 g/mol. The summed E-state index contributed by atoms with van der Waals surface area (Å²) in [6, 6.07) is 10.7. The van der Waals surface area contributed by atoms with Crippen LogP contribution in [-0.2, 0) is 23.0 Å². The minimum absolute atomic E-state index is 0.262. The Morgan fingerprint density at radius 3 is 2.59 bits per heavy atom. The number of sulfonamides is 1. The predicted octanol–water partition coefficient (Wildman–Crippen LogP) is 3.80. The number of aromatic nitrogens is 5. The van der Waals surface area contributed by atoms with E-state index in [1.807, 2.05) is 18.2 Å². The van der Waals surface area contributed by atoms with Crippen molar-refractivity contribution in [2.45, 2.75) is 13.0 Å². The molecule has 0 amide bonds. The molecule has 0 radical (unpaired) electrons. The first-order valence-corrected chi connectivity index (χ1v) is 13.8. The maximum absolute atomic E-state index is 13.5. The van der Waals surface area contributed by atoms with Crippen molar-refractivity contribution in [1.29, 1.82) is 0 Å². The SMILES string of the molecule is CS(=O)(=O)N1CCc2cc(Nc3ncc4c(=O)n(-c5c(Cl)cccc5Cl)c5nccn5c4n3)ccc2C1. The molecule has 6 rings (SSSR count). The molecule has 4 heterocycles. The normalized spacial score (nSPS) is 14.2. The Hall–Kier alpha value is -3.51. The lowest BCUT2D eigenvalue weighted by atomic mass is 10.0. The summed E-state index contributed by atoms with van der Waals surface area (Å²) >= 11 is 12.8. The van der Waals surface area contributed by atoms with Crippen molar-refractivity contribution in [2.75, 3.05) is 18.1 Å². The van der Waals surface area contributed by atoms with Crippen molar-refractivity contribution in [1.82, 2.24) is 28.2 Å². The van der Waals surface area contributed by atoms with Gasteiger partial charge in [-0.3, -0.25) is 9.20 Å². The number of nitrogens with one attached hydrogen (secondary N) is 1. The van der Waals surface area contributed by atoms with Crippen LogP contribution in [0.15, 0.2) is 59.8 Å². The van der Waals surface area contributed by atoms with Gasteiger partial charge >= 0.3 is 0 Å². The number of nitrogens with zero attached hydrogens (tertiary/aromatic N) is 6. The molecule has 0 bridgehead atoms. The van der Waals surface area contributed by atoms with E-state index in [-0.39, 0.29) is 5.39 Å². The van der Waals surface area contributed by atoms with E-state index in [0.29, 0.717) is 52.6 Å². The molecule has 0 fully saturated rings. The average molecular weight is 556 g/mol. The number of hydrogen-bond acceptors (Lipinski definition) is 7. The van der Waals surface area contributed by atoms with E-state index in [1.165, 1.54) is 21.3 Å². The summed E-state index contributed by atoms with van der Waals surface area (Å²) in [7, 11) is -3.24. The van der Waals surface area contributed by atoms with Crippen molar-refractivity contribution in [3.8, 4) is 5.69 Å².